The van der Waals surface area contributed by atoms with Gasteiger partial charge < -0.3 is 16.3 Å². The second kappa shape index (κ2) is 8.19. The number of amides is 1. The van der Waals surface area contributed by atoms with E-state index in [4.69, 9.17) is 10.9 Å². The molecule has 0 aromatic heterocycles. The lowest BCUT2D eigenvalue weighted by Crippen LogP contribution is -2.23. The lowest BCUT2D eigenvalue weighted by atomic mass is 9.97. The van der Waals surface area contributed by atoms with Crippen LogP contribution in [0.2, 0.25) is 0 Å². The van der Waals surface area contributed by atoms with Crippen LogP contribution in [0.4, 0.5) is 5.69 Å². The van der Waals surface area contributed by atoms with Gasteiger partial charge in [-0.1, -0.05) is 44.0 Å². The lowest BCUT2D eigenvalue weighted by molar-refractivity contribution is -0.120. The van der Waals surface area contributed by atoms with Crippen molar-refractivity contribution in [1.82, 2.24) is 0 Å². The number of carbonyl (C=O) groups excluding carboxylic acids is 1. The van der Waals surface area contributed by atoms with Crippen molar-refractivity contribution in [2.45, 2.75) is 39.5 Å². The van der Waals surface area contributed by atoms with Gasteiger partial charge in [-0.3, -0.25) is 4.79 Å². The summed E-state index contributed by atoms with van der Waals surface area (Å²) >= 11 is 0. The number of carbonyl (C=O) groups is 1. The summed E-state index contributed by atoms with van der Waals surface area (Å²) in [6, 6.07) is 6.97. The molecule has 0 heterocycles. The molecule has 0 radical (unpaired) electrons. The van der Waals surface area contributed by atoms with E-state index in [2.05, 4.69) is 24.3 Å². The topological polar surface area (TPSA) is 87.7 Å². The Morgan fingerprint density at radius 3 is 2.55 bits per heavy atom. The molecule has 0 saturated carbocycles. The third-order valence-corrected chi connectivity index (χ3v) is 3.18. The summed E-state index contributed by atoms with van der Waals surface area (Å²) in [5.74, 6) is 0.0997. The van der Waals surface area contributed by atoms with E-state index in [-0.39, 0.29) is 17.7 Å². The van der Waals surface area contributed by atoms with Crippen molar-refractivity contribution in [3.8, 4) is 0 Å². The first-order valence-electron chi connectivity index (χ1n) is 7.01. The Kier molecular flexibility index (Phi) is 6.56. The minimum Gasteiger partial charge on any atom is -0.409 e. The molecule has 0 saturated heterocycles. The second-order valence-electron chi connectivity index (χ2n) is 4.83. The minimum absolute atomic E-state index is 0.0276. The molecular formula is C15H23N3O2. The second-order valence-corrected chi connectivity index (χ2v) is 4.83. The maximum atomic E-state index is 12.2. The number of oxime groups is 1. The molecule has 0 unspecified atom stereocenters. The van der Waals surface area contributed by atoms with E-state index in [1.807, 2.05) is 0 Å². The van der Waals surface area contributed by atoms with Crippen LogP contribution < -0.4 is 11.1 Å². The Morgan fingerprint density at radius 2 is 2.00 bits per heavy atom. The molecule has 110 valence electrons. The highest BCUT2D eigenvalue weighted by molar-refractivity contribution is 5.99. The highest BCUT2D eigenvalue weighted by atomic mass is 16.4. The van der Waals surface area contributed by atoms with Crippen molar-refractivity contribution >= 4 is 17.4 Å². The smallest absolute Gasteiger partial charge is 0.227 e. The predicted octanol–water partition coefficient (Wildman–Crippen LogP) is 2.94. The zero-order valence-electron chi connectivity index (χ0n) is 12.1. The van der Waals surface area contributed by atoms with Crippen LogP contribution in [-0.2, 0) is 4.79 Å². The Hall–Kier alpha value is -2.04. The van der Waals surface area contributed by atoms with Crippen LogP contribution in [0, 0.1) is 5.92 Å². The van der Waals surface area contributed by atoms with Gasteiger partial charge in [-0.25, -0.2) is 0 Å². The first kappa shape index (κ1) is 16.0. The standard InChI is InChI=1S/C15H23N3O2/c1-3-6-11(7-4-2)15(19)17-13-9-5-8-12(10-13)14(16)18-20/h5,8-11,20H,3-4,6-7H2,1-2H3,(H2,16,18)(H,17,19). The Morgan fingerprint density at radius 1 is 1.35 bits per heavy atom. The molecule has 4 N–H and O–H groups in total. The summed E-state index contributed by atoms with van der Waals surface area (Å²) in [7, 11) is 0. The normalized spacial score (nSPS) is 11.7. The number of anilines is 1. The van der Waals surface area contributed by atoms with Crippen LogP contribution in [0.1, 0.15) is 45.1 Å². The maximum Gasteiger partial charge on any atom is 0.227 e. The molecule has 5 nitrogen and oxygen atoms in total. The van der Waals surface area contributed by atoms with E-state index in [1.54, 1.807) is 24.3 Å². The van der Waals surface area contributed by atoms with Crippen molar-refractivity contribution in [3.63, 3.8) is 0 Å². The molecule has 0 spiro atoms. The summed E-state index contributed by atoms with van der Waals surface area (Å²) in [5.41, 5.74) is 6.78. The highest BCUT2D eigenvalue weighted by Gasteiger charge is 2.16. The zero-order chi connectivity index (χ0) is 15.0. The third kappa shape index (κ3) is 4.57. The molecule has 0 bridgehead atoms. The Labute approximate surface area is 119 Å². The van der Waals surface area contributed by atoms with Crippen molar-refractivity contribution in [2.75, 3.05) is 5.32 Å². The average Bonchev–Trinajstić information content (AvgIpc) is 2.46. The minimum atomic E-state index is 0.0276. The monoisotopic (exact) mass is 277 g/mol. The zero-order valence-corrected chi connectivity index (χ0v) is 12.1. The van der Waals surface area contributed by atoms with Crippen molar-refractivity contribution in [1.29, 1.82) is 0 Å². The fourth-order valence-corrected chi connectivity index (χ4v) is 2.16. The molecular weight excluding hydrogens is 254 g/mol. The van der Waals surface area contributed by atoms with Crippen LogP contribution in [0.25, 0.3) is 0 Å². The van der Waals surface area contributed by atoms with Gasteiger partial charge >= 0.3 is 0 Å². The number of nitrogens with two attached hydrogens (primary N) is 1. The van der Waals surface area contributed by atoms with E-state index in [9.17, 15) is 4.79 Å². The summed E-state index contributed by atoms with van der Waals surface area (Å²) in [5, 5.41) is 14.5. The van der Waals surface area contributed by atoms with Crippen LogP contribution in [0.3, 0.4) is 0 Å². The van der Waals surface area contributed by atoms with Crippen molar-refractivity contribution in [3.05, 3.63) is 29.8 Å². The summed E-state index contributed by atoms with van der Waals surface area (Å²) in [6.45, 7) is 4.16. The third-order valence-electron chi connectivity index (χ3n) is 3.18. The van der Waals surface area contributed by atoms with Gasteiger partial charge in [-0.15, -0.1) is 0 Å². The summed E-state index contributed by atoms with van der Waals surface area (Å²) in [4.78, 5) is 12.2. The molecule has 0 fully saturated rings. The molecule has 0 atom stereocenters. The largest absolute Gasteiger partial charge is 0.409 e. The fraction of sp³-hybridized carbons (Fsp3) is 0.467. The predicted molar refractivity (Wildman–Crippen MR) is 80.9 cm³/mol. The van der Waals surface area contributed by atoms with Crippen molar-refractivity contribution in [2.24, 2.45) is 16.8 Å². The number of benzene rings is 1. The number of amidine groups is 1. The van der Waals surface area contributed by atoms with Crippen LogP contribution in [-0.4, -0.2) is 17.0 Å². The number of nitrogens with one attached hydrogen (secondary N) is 1. The van der Waals surface area contributed by atoms with Gasteiger partial charge in [0.2, 0.25) is 5.91 Å². The van der Waals surface area contributed by atoms with Crippen LogP contribution in [0.5, 0.6) is 0 Å². The van der Waals surface area contributed by atoms with Gasteiger partial charge in [0.05, 0.1) is 0 Å². The number of rotatable bonds is 7. The first-order valence-corrected chi connectivity index (χ1v) is 7.01. The van der Waals surface area contributed by atoms with E-state index in [0.29, 0.717) is 11.3 Å². The number of hydrogen-bond acceptors (Lipinski definition) is 3. The van der Waals surface area contributed by atoms with Crippen LogP contribution in [0.15, 0.2) is 29.4 Å². The molecule has 1 aromatic rings. The SMILES string of the molecule is CCCC(CCC)C(=O)Nc1cccc(/C(N)=N/O)c1. The van der Waals surface area contributed by atoms with Gasteiger partial charge in [0.1, 0.15) is 0 Å². The van der Waals surface area contributed by atoms with E-state index in [0.717, 1.165) is 25.7 Å². The molecule has 20 heavy (non-hydrogen) atoms. The molecule has 1 rings (SSSR count). The molecule has 0 aliphatic heterocycles. The average molecular weight is 277 g/mol. The molecule has 1 amide bonds. The van der Waals surface area contributed by atoms with Gasteiger partial charge in [0.15, 0.2) is 5.84 Å². The van der Waals surface area contributed by atoms with Gasteiger partial charge in [0, 0.05) is 17.2 Å². The Balaban J connectivity index is 2.79. The summed E-state index contributed by atoms with van der Waals surface area (Å²) < 4.78 is 0. The van der Waals surface area contributed by atoms with Crippen molar-refractivity contribution < 1.29 is 10.0 Å². The maximum absolute atomic E-state index is 12.2. The van der Waals surface area contributed by atoms with Gasteiger partial charge in [0.25, 0.3) is 0 Å². The van der Waals surface area contributed by atoms with E-state index in [1.165, 1.54) is 0 Å². The molecule has 5 heteroatoms. The van der Waals surface area contributed by atoms with Gasteiger partial charge in [-0.2, -0.15) is 0 Å². The Bertz CT molecular complexity index is 466. The molecule has 1 aromatic carbocycles. The fourth-order valence-electron chi connectivity index (χ4n) is 2.16. The van der Waals surface area contributed by atoms with E-state index < -0.39 is 0 Å². The number of hydrogen-bond donors (Lipinski definition) is 3. The summed E-state index contributed by atoms with van der Waals surface area (Å²) in [6.07, 6.45) is 3.75. The molecule has 0 aliphatic rings. The first-order chi connectivity index (χ1) is 9.62. The van der Waals surface area contributed by atoms with E-state index >= 15 is 0 Å². The van der Waals surface area contributed by atoms with Gasteiger partial charge in [-0.05, 0) is 25.0 Å². The lowest BCUT2D eigenvalue weighted by Gasteiger charge is -2.15. The highest BCUT2D eigenvalue weighted by Crippen LogP contribution is 2.17. The number of nitrogens with zero attached hydrogens (tertiary/aromatic N) is 1. The van der Waals surface area contributed by atoms with Crippen LogP contribution >= 0.6 is 0 Å². The quantitative estimate of drug-likeness (QED) is 0.310. The molecule has 0 aliphatic carbocycles.